The van der Waals surface area contributed by atoms with Crippen LogP contribution in [0.5, 0.6) is 0 Å². The molecule has 0 radical (unpaired) electrons. The normalized spacial score (nSPS) is 14.3. The van der Waals surface area contributed by atoms with Crippen molar-refractivity contribution >= 4 is 17.4 Å². The lowest BCUT2D eigenvalue weighted by atomic mass is 10.1. The van der Waals surface area contributed by atoms with Gasteiger partial charge in [-0.3, -0.25) is 0 Å². The summed E-state index contributed by atoms with van der Waals surface area (Å²) in [6.07, 6.45) is -2.39. The molecule has 0 saturated carbocycles. The van der Waals surface area contributed by atoms with Crippen molar-refractivity contribution in [1.82, 2.24) is 5.32 Å². The maximum absolute atomic E-state index is 14.2. The van der Waals surface area contributed by atoms with E-state index < -0.39 is 23.6 Å². The Morgan fingerprint density at radius 3 is 2.48 bits per heavy atom. The first-order chi connectivity index (χ1) is 12.8. The van der Waals surface area contributed by atoms with Gasteiger partial charge in [-0.25, -0.2) is 9.18 Å². The topological polar surface area (TPSA) is 44.4 Å². The molecule has 1 heterocycles. The molecule has 0 aliphatic carbocycles. The SMILES string of the molecule is O=C(NCc1cccc(C(F)(F)F)c1)Nc1ccc(N2CCCC2)c(F)c1. The molecule has 0 aromatic heterocycles. The molecule has 2 amide bonds. The van der Waals surface area contributed by atoms with Crippen molar-refractivity contribution < 1.29 is 22.4 Å². The lowest BCUT2D eigenvalue weighted by molar-refractivity contribution is -0.137. The number of anilines is 2. The van der Waals surface area contributed by atoms with Crippen molar-refractivity contribution in [3.05, 3.63) is 59.4 Å². The molecule has 1 aliphatic heterocycles. The summed E-state index contributed by atoms with van der Waals surface area (Å²) in [6, 6.07) is 8.53. The van der Waals surface area contributed by atoms with E-state index in [1.165, 1.54) is 18.2 Å². The molecule has 1 saturated heterocycles. The highest BCUT2D eigenvalue weighted by Crippen LogP contribution is 2.29. The maximum atomic E-state index is 14.2. The quantitative estimate of drug-likeness (QED) is 0.750. The molecule has 2 N–H and O–H groups in total. The second kappa shape index (κ2) is 7.85. The molecule has 2 aromatic rings. The molecule has 27 heavy (non-hydrogen) atoms. The number of halogens is 4. The Morgan fingerprint density at radius 2 is 1.81 bits per heavy atom. The Hall–Kier alpha value is -2.77. The third-order valence-electron chi connectivity index (χ3n) is 4.36. The first-order valence-corrected chi connectivity index (χ1v) is 8.58. The standard InChI is InChI=1S/C19H19F4N3O/c20-16-11-15(6-7-17(16)26-8-1-2-9-26)25-18(27)24-12-13-4-3-5-14(10-13)19(21,22)23/h3-7,10-11H,1-2,8-9,12H2,(H2,24,25,27). The molecular weight excluding hydrogens is 362 g/mol. The van der Waals surface area contributed by atoms with Crippen molar-refractivity contribution in [3.63, 3.8) is 0 Å². The summed E-state index contributed by atoms with van der Waals surface area (Å²) < 4.78 is 52.3. The van der Waals surface area contributed by atoms with E-state index in [-0.39, 0.29) is 12.2 Å². The number of rotatable bonds is 4. The summed E-state index contributed by atoms with van der Waals surface area (Å²) >= 11 is 0. The van der Waals surface area contributed by atoms with Gasteiger partial charge < -0.3 is 15.5 Å². The van der Waals surface area contributed by atoms with Gasteiger partial charge in [0.1, 0.15) is 5.82 Å². The summed E-state index contributed by atoms with van der Waals surface area (Å²) in [5.74, 6) is -0.424. The van der Waals surface area contributed by atoms with Crippen molar-refractivity contribution in [2.24, 2.45) is 0 Å². The van der Waals surface area contributed by atoms with Gasteiger partial charge in [-0.05, 0) is 48.7 Å². The van der Waals surface area contributed by atoms with Gasteiger partial charge in [0.15, 0.2) is 0 Å². The van der Waals surface area contributed by atoms with E-state index in [0.717, 1.165) is 38.1 Å². The third-order valence-corrected chi connectivity index (χ3v) is 4.36. The lowest BCUT2D eigenvalue weighted by Crippen LogP contribution is -2.28. The van der Waals surface area contributed by atoms with Crippen LogP contribution in [0, 0.1) is 5.82 Å². The number of nitrogens with one attached hydrogen (secondary N) is 2. The van der Waals surface area contributed by atoms with Gasteiger partial charge in [-0.1, -0.05) is 12.1 Å². The Morgan fingerprint density at radius 1 is 1.07 bits per heavy atom. The van der Waals surface area contributed by atoms with Crippen LogP contribution >= 0.6 is 0 Å². The first-order valence-electron chi connectivity index (χ1n) is 8.58. The number of alkyl halides is 3. The molecule has 4 nitrogen and oxygen atoms in total. The van der Waals surface area contributed by atoms with Gasteiger partial charge in [0.25, 0.3) is 0 Å². The predicted molar refractivity (Wildman–Crippen MR) is 95.1 cm³/mol. The summed E-state index contributed by atoms with van der Waals surface area (Å²) in [7, 11) is 0. The number of hydrogen-bond donors (Lipinski definition) is 2. The number of carbonyl (C=O) groups excluding carboxylic acids is 1. The number of hydrogen-bond acceptors (Lipinski definition) is 2. The minimum atomic E-state index is -4.44. The van der Waals surface area contributed by atoms with Crippen molar-refractivity contribution in [2.45, 2.75) is 25.6 Å². The molecule has 1 fully saturated rings. The minimum absolute atomic E-state index is 0.0793. The van der Waals surface area contributed by atoms with E-state index in [1.54, 1.807) is 12.1 Å². The first kappa shape index (κ1) is 19.0. The van der Waals surface area contributed by atoms with E-state index in [2.05, 4.69) is 10.6 Å². The average molecular weight is 381 g/mol. The molecule has 0 bridgehead atoms. The summed E-state index contributed by atoms with van der Waals surface area (Å²) in [5.41, 5.74) is 0.316. The zero-order chi connectivity index (χ0) is 19.4. The summed E-state index contributed by atoms with van der Waals surface area (Å²) in [6.45, 7) is 1.53. The van der Waals surface area contributed by atoms with Crippen LogP contribution in [0.4, 0.5) is 33.7 Å². The molecular formula is C19H19F4N3O. The zero-order valence-electron chi connectivity index (χ0n) is 14.4. The number of amides is 2. The Kier molecular flexibility index (Phi) is 5.53. The second-order valence-corrected chi connectivity index (χ2v) is 6.37. The second-order valence-electron chi connectivity index (χ2n) is 6.37. The largest absolute Gasteiger partial charge is 0.416 e. The Bertz CT molecular complexity index is 817. The highest BCUT2D eigenvalue weighted by molar-refractivity contribution is 5.89. The van der Waals surface area contributed by atoms with Gasteiger partial charge in [0, 0.05) is 25.3 Å². The van der Waals surface area contributed by atoms with Crippen molar-refractivity contribution in [2.75, 3.05) is 23.3 Å². The predicted octanol–water partition coefficient (Wildman–Crippen LogP) is 4.77. The van der Waals surface area contributed by atoms with E-state index in [9.17, 15) is 22.4 Å². The molecule has 0 unspecified atom stereocenters. The van der Waals surface area contributed by atoms with Gasteiger partial charge in [0.2, 0.25) is 0 Å². The smallest absolute Gasteiger partial charge is 0.369 e. The van der Waals surface area contributed by atoms with Crippen LogP contribution in [0.15, 0.2) is 42.5 Å². The zero-order valence-corrected chi connectivity index (χ0v) is 14.4. The minimum Gasteiger partial charge on any atom is -0.369 e. The van der Waals surface area contributed by atoms with Crippen LogP contribution in [-0.4, -0.2) is 19.1 Å². The summed E-state index contributed by atoms with van der Waals surface area (Å²) in [4.78, 5) is 13.9. The molecule has 2 aromatic carbocycles. The molecule has 0 spiro atoms. The highest BCUT2D eigenvalue weighted by atomic mass is 19.4. The number of nitrogens with zero attached hydrogens (tertiary/aromatic N) is 1. The molecule has 8 heteroatoms. The fourth-order valence-electron chi connectivity index (χ4n) is 3.01. The van der Waals surface area contributed by atoms with Gasteiger partial charge in [-0.2, -0.15) is 13.2 Å². The maximum Gasteiger partial charge on any atom is 0.416 e. The van der Waals surface area contributed by atoms with Crippen LogP contribution in [-0.2, 0) is 12.7 Å². The molecule has 3 rings (SSSR count). The van der Waals surface area contributed by atoms with Crippen LogP contribution in [0.2, 0.25) is 0 Å². The summed E-state index contributed by atoms with van der Waals surface area (Å²) in [5, 5.41) is 4.95. The van der Waals surface area contributed by atoms with Crippen molar-refractivity contribution in [1.29, 1.82) is 0 Å². The highest BCUT2D eigenvalue weighted by Gasteiger charge is 2.30. The molecule has 0 atom stereocenters. The van der Waals surface area contributed by atoms with Gasteiger partial charge >= 0.3 is 12.2 Å². The van der Waals surface area contributed by atoms with Crippen LogP contribution < -0.4 is 15.5 Å². The third kappa shape index (κ3) is 4.90. The van der Waals surface area contributed by atoms with E-state index >= 15 is 0 Å². The Labute approximate surface area is 154 Å². The molecule has 144 valence electrons. The number of benzene rings is 2. The molecule has 1 aliphatic rings. The van der Waals surface area contributed by atoms with E-state index in [0.29, 0.717) is 11.3 Å². The lowest BCUT2D eigenvalue weighted by Gasteiger charge is -2.19. The fraction of sp³-hybridized carbons (Fsp3) is 0.316. The van der Waals surface area contributed by atoms with Crippen LogP contribution in [0.25, 0.3) is 0 Å². The fourth-order valence-corrected chi connectivity index (χ4v) is 3.01. The Balaban J connectivity index is 1.57. The average Bonchev–Trinajstić information content (AvgIpc) is 3.14. The van der Waals surface area contributed by atoms with E-state index in [1.807, 2.05) is 4.90 Å². The number of carbonyl (C=O) groups is 1. The monoisotopic (exact) mass is 381 g/mol. The van der Waals surface area contributed by atoms with Gasteiger partial charge in [-0.15, -0.1) is 0 Å². The van der Waals surface area contributed by atoms with Gasteiger partial charge in [0.05, 0.1) is 11.3 Å². The number of urea groups is 1. The van der Waals surface area contributed by atoms with Crippen molar-refractivity contribution in [3.8, 4) is 0 Å². The van der Waals surface area contributed by atoms with Crippen LogP contribution in [0.1, 0.15) is 24.0 Å². The van der Waals surface area contributed by atoms with E-state index in [4.69, 9.17) is 0 Å². The van der Waals surface area contributed by atoms with Crippen LogP contribution in [0.3, 0.4) is 0 Å².